The fourth-order valence-corrected chi connectivity index (χ4v) is 4.15. The number of ether oxygens (including phenoxy) is 3. The Bertz CT molecular complexity index is 804. The Labute approximate surface area is 146 Å². The monoisotopic (exact) mass is 344 g/mol. The van der Waals surface area contributed by atoms with Gasteiger partial charge < -0.3 is 25.3 Å². The highest BCUT2D eigenvalue weighted by molar-refractivity contribution is 5.91. The molecule has 3 N–H and O–H groups in total. The van der Waals surface area contributed by atoms with Gasteiger partial charge in [-0.15, -0.1) is 0 Å². The first kappa shape index (κ1) is 16.2. The topological polar surface area (TPSA) is 91.5 Å². The summed E-state index contributed by atoms with van der Waals surface area (Å²) in [7, 11) is 3.20. The SMILES string of the molecule is COc1cc2nc(NC3CC4(COC(C)C4)C3)nc(N)c2cc1OC. The van der Waals surface area contributed by atoms with E-state index in [-0.39, 0.29) is 0 Å². The Morgan fingerprint density at radius 3 is 2.52 bits per heavy atom. The second kappa shape index (κ2) is 5.91. The number of rotatable bonds is 4. The first-order valence-electron chi connectivity index (χ1n) is 8.59. The molecule has 4 rings (SSSR count). The summed E-state index contributed by atoms with van der Waals surface area (Å²) in [5.41, 5.74) is 7.21. The van der Waals surface area contributed by atoms with Crippen LogP contribution in [0.3, 0.4) is 0 Å². The van der Waals surface area contributed by atoms with Gasteiger partial charge in [0.25, 0.3) is 0 Å². The number of nitrogen functional groups attached to an aromatic ring is 1. The third-order valence-corrected chi connectivity index (χ3v) is 5.32. The molecule has 2 fully saturated rings. The van der Waals surface area contributed by atoms with Crippen LogP contribution in [0.1, 0.15) is 26.2 Å². The molecule has 2 aliphatic rings. The van der Waals surface area contributed by atoms with Crippen LogP contribution in [-0.4, -0.2) is 42.9 Å². The highest BCUT2D eigenvalue weighted by Gasteiger charge is 2.49. The summed E-state index contributed by atoms with van der Waals surface area (Å²) < 4.78 is 16.4. The number of nitrogens with one attached hydrogen (secondary N) is 1. The van der Waals surface area contributed by atoms with Crippen LogP contribution in [0.5, 0.6) is 11.5 Å². The van der Waals surface area contributed by atoms with Crippen LogP contribution in [0.25, 0.3) is 10.9 Å². The molecule has 1 unspecified atom stereocenters. The van der Waals surface area contributed by atoms with Crippen molar-refractivity contribution >= 4 is 22.7 Å². The summed E-state index contributed by atoms with van der Waals surface area (Å²) >= 11 is 0. The Morgan fingerprint density at radius 1 is 1.16 bits per heavy atom. The molecule has 1 aliphatic heterocycles. The molecule has 7 nitrogen and oxygen atoms in total. The zero-order valence-electron chi connectivity index (χ0n) is 14.8. The van der Waals surface area contributed by atoms with Crippen LogP contribution >= 0.6 is 0 Å². The summed E-state index contributed by atoms with van der Waals surface area (Å²) in [6, 6.07) is 4.00. The van der Waals surface area contributed by atoms with Crippen molar-refractivity contribution in [2.75, 3.05) is 31.9 Å². The Hall–Kier alpha value is -2.28. The summed E-state index contributed by atoms with van der Waals surface area (Å²) in [5, 5.41) is 4.17. The molecule has 1 atom stereocenters. The quantitative estimate of drug-likeness (QED) is 0.881. The van der Waals surface area contributed by atoms with E-state index in [0.29, 0.717) is 40.8 Å². The number of methoxy groups -OCH3 is 2. The molecular formula is C18H24N4O3. The number of fused-ring (bicyclic) bond motifs is 1. The van der Waals surface area contributed by atoms with Crippen molar-refractivity contribution in [3.8, 4) is 11.5 Å². The molecular weight excluding hydrogens is 320 g/mol. The van der Waals surface area contributed by atoms with Crippen molar-refractivity contribution < 1.29 is 14.2 Å². The molecule has 25 heavy (non-hydrogen) atoms. The van der Waals surface area contributed by atoms with Gasteiger partial charge >= 0.3 is 0 Å². The maximum atomic E-state index is 6.13. The molecule has 1 aliphatic carbocycles. The maximum absolute atomic E-state index is 6.13. The van der Waals surface area contributed by atoms with Gasteiger partial charge in [-0.1, -0.05) is 0 Å². The van der Waals surface area contributed by atoms with Crippen molar-refractivity contribution in [2.24, 2.45) is 5.41 Å². The third-order valence-electron chi connectivity index (χ3n) is 5.32. The largest absolute Gasteiger partial charge is 0.493 e. The Kier molecular flexibility index (Phi) is 3.83. The number of hydrogen-bond donors (Lipinski definition) is 2. The lowest BCUT2D eigenvalue weighted by molar-refractivity contribution is 0.0667. The van der Waals surface area contributed by atoms with E-state index in [4.69, 9.17) is 19.9 Å². The van der Waals surface area contributed by atoms with Crippen molar-refractivity contribution in [3.63, 3.8) is 0 Å². The smallest absolute Gasteiger partial charge is 0.225 e. The lowest BCUT2D eigenvalue weighted by Gasteiger charge is -2.44. The minimum atomic E-state index is 0.343. The van der Waals surface area contributed by atoms with Crippen LogP contribution < -0.4 is 20.5 Å². The van der Waals surface area contributed by atoms with Crippen LogP contribution in [0.15, 0.2) is 12.1 Å². The highest BCUT2D eigenvalue weighted by atomic mass is 16.5. The molecule has 7 heteroatoms. The molecule has 1 spiro atoms. The zero-order chi connectivity index (χ0) is 17.6. The van der Waals surface area contributed by atoms with Crippen molar-refractivity contribution in [2.45, 2.75) is 38.3 Å². The molecule has 0 radical (unpaired) electrons. The molecule has 1 saturated carbocycles. The second-order valence-corrected chi connectivity index (χ2v) is 7.23. The molecule has 0 amide bonds. The van der Waals surface area contributed by atoms with Gasteiger partial charge in [0.2, 0.25) is 5.95 Å². The Balaban J connectivity index is 1.55. The van der Waals surface area contributed by atoms with Gasteiger partial charge in [0.05, 0.1) is 32.4 Å². The number of hydrogen-bond acceptors (Lipinski definition) is 7. The van der Waals surface area contributed by atoms with Crippen LogP contribution in [0.4, 0.5) is 11.8 Å². The first-order chi connectivity index (χ1) is 12.0. The highest BCUT2D eigenvalue weighted by Crippen LogP contribution is 2.50. The summed E-state index contributed by atoms with van der Waals surface area (Å²) in [6.45, 7) is 3.01. The van der Waals surface area contributed by atoms with E-state index in [2.05, 4.69) is 22.2 Å². The fourth-order valence-electron chi connectivity index (χ4n) is 4.15. The van der Waals surface area contributed by atoms with E-state index < -0.39 is 0 Å². The lowest BCUT2D eigenvalue weighted by Crippen LogP contribution is -2.46. The zero-order valence-corrected chi connectivity index (χ0v) is 14.8. The average molecular weight is 344 g/mol. The van der Waals surface area contributed by atoms with Gasteiger partial charge in [-0.2, -0.15) is 4.98 Å². The summed E-state index contributed by atoms with van der Waals surface area (Å²) in [5.74, 6) is 2.23. The molecule has 1 aromatic carbocycles. The van der Waals surface area contributed by atoms with E-state index >= 15 is 0 Å². The number of nitrogens with zero attached hydrogens (tertiary/aromatic N) is 2. The van der Waals surface area contributed by atoms with Crippen LogP contribution in [0.2, 0.25) is 0 Å². The third kappa shape index (κ3) is 2.82. The normalized spacial score (nSPS) is 28.1. The molecule has 1 aromatic heterocycles. The number of anilines is 2. The molecule has 2 aromatic rings. The number of aromatic nitrogens is 2. The van der Waals surface area contributed by atoms with Gasteiger partial charge in [-0.05, 0) is 32.3 Å². The van der Waals surface area contributed by atoms with Crippen LogP contribution in [0, 0.1) is 5.41 Å². The predicted octanol–water partition coefficient (Wildman–Crippen LogP) is 2.60. The summed E-state index contributed by atoms with van der Waals surface area (Å²) in [4.78, 5) is 9.01. The standard InChI is InChI=1S/C18H24N4O3/c1-10-6-18(9-25-10)7-11(8-18)20-17-21-13-5-15(24-3)14(23-2)4-12(13)16(19)22-17/h4-5,10-11H,6-9H2,1-3H3,(H3,19,20,21,22). The number of benzene rings is 1. The average Bonchev–Trinajstić information content (AvgIpc) is 2.95. The van der Waals surface area contributed by atoms with Crippen LogP contribution in [-0.2, 0) is 4.74 Å². The van der Waals surface area contributed by atoms with Gasteiger partial charge in [0.1, 0.15) is 5.82 Å². The van der Waals surface area contributed by atoms with Crippen molar-refractivity contribution in [1.82, 2.24) is 9.97 Å². The maximum Gasteiger partial charge on any atom is 0.225 e. The van der Waals surface area contributed by atoms with E-state index in [0.717, 1.165) is 36.8 Å². The van der Waals surface area contributed by atoms with E-state index in [1.54, 1.807) is 14.2 Å². The van der Waals surface area contributed by atoms with Crippen molar-refractivity contribution in [1.29, 1.82) is 0 Å². The minimum absolute atomic E-state index is 0.343. The van der Waals surface area contributed by atoms with Gasteiger partial charge in [0, 0.05) is 22.9 Å². The molecule has 2 heterocycles. The van der Waals surface area contributed by atoms with E-state index in [1.807, 2.05) is 12.1 Å². The van der Waals surface area contributed by atoms with Gasteiger partial charge in [0.15, 0.2) is 11.5 Å². The summed E-state index contributed by atoms with van der Waals surface area (Å²) in [6.07, 6.45) is 3.69. The second-order valence-electron chi connectivity index (χ2n) is 7.23. The lowest BCUT2D eigenvalue weighted by atomic mass is 9.64. The molecule has 1 saturated heterocycles. The molecule has 0 bridgehead atoms. The van der Waals surface area contributed by atoms with E-state index in [1.165, 1.54) is 0 Å². The molecule has 134 valence electrons. The van der Waals surface area contributed by atoms with Crippen molar-refractivity contribution in [3.05, 3.63) is 12.1 Å². The number of nitrogens with two attached hydrogens (primary N) is 1. The van der Waals surface area contributed by atoms with Gasteiger partial charge in [-0.3, -0.25) is 0 Å². The van der Waals surface area contributed by atoms with Gasteiger partial charge in [-0.25, -0.2) is 4.98 Å². The predicted molar refractivity (Wildman–Crippen MR) is 96.2 cm³/mol. The fraction of sp³-hybridized carbons (Fsp3) is 0.556. The minimum Gasteiger partial charge on any atom is -0.493 e. The Morgan fingerprint density at radius 2 is 1.88 bits per heavy atom. The van der Waals surface area contributed by atoms with E-state index in [9.17, 15) is 0 Å². The first-order valence-corrected chi connectivity index (χ1v) is 8.59.